The molecule has 0 bridgehead atoms. The lowest BCUT2D eigenvalue weighted by atomic mass is 10.3. The molecule has 0 amide bonds. The van der Waals surface area contributed by atoms with E-state index in [2.05, 4.69) is 15.0 Å². The summed E-state index contributed by atoms with van der Waals surface area (Å²) in [6.45, 7) is 4.95. The van der Waals surface area contributed by atoms with Crippen LogP contribution >= 0.6 is 0 Å². The van der Waals surface area contributed by atoms with Crippen LogP contribution in [0, 0.1) is 0 Å². The van der Waals surface area contributed by atoms with Crippen molar-refractivity contribution in [1.82, 2.24) is 19.6 Å². The number of nitrogens with one attached hydrogen (secondary N) is 2. The largest absolute Gasteiger partial charge is 0.374 e. The van der Waals surface area contributed by atoms with E-state index in [4.69, 9.17) is 4.74 Å². The van der Waals surface area contributed by atoms with E-state index in [-0.39, 0.29) is 17.7 Å². The fourth-order valence-electron chi connectivity index (χ4n) is 1.68. The predicted octanol–water partition coefficient (Wildman–Crippen LogP) is -0.830. The highest BCUT2D eigenvalue weighted by Crippen LogP contribution is 2.05. The van der Waals surface area contributed by atoms with Crippen LogP contribution in [0.2, 0.25) is 0 Å². The summed E-state index contributed by atoms with van der Waals surface area (Å²) in [7, 11) is -3.54. The Morgan fingerprint density at radius 1 is 1.67 bits per heavy atom. The molecule has 1 aliphatic rings. The molecule has 1 unspecified atom stereocenters. The fraction of sp³-hybridized carbons (Fsp3) is 0.700. The van der Waals surface area contributed by atoms with E-state index in [1.54, 1.807) is 4.57 Å². The summed E-state index contributed by atoms with van der Waals surface area (Å²) >= 11 is 0. The predicted molar refractivity (Wildman–Crippen MR) is 65.7 cm³/mol. The van der Waals surface area contributed by atoms with Crippen molar-refractivity contribution in [3.63, 3.8) is 0 Å². The van der Waals surface area contributed by atoms with Crippen molar-refractivity contribution in [1.29, 1.82) is 0 Å². The Hall–Kier alpha value is -0.960. The number of morpholine rings is 1. The van der Waals surface area contributed by atoms with Gasteiger partial charge in [-0.05, 0) is 6.92 Å². The van der Waals surface area contributed by atoms with Crippen molar-refractivity contribution < 1.29 is 13.2 Å². The molecular formula is C10H18N4O3S. The van der Waals surface area contributed by atoms with Crippen molar-refractivity contribution in [2.75, 3.05) is 26.2 Å². The molecule has 0 saturated carbocycles. The molecule has 2 heterocycles. The molecule has 0 radical (unpaired) electrons. The third-order valence-corrected chi connectivity index (χ3v) is 4.06. The lowest BCUT2D eigenvalue weighted by molar-refractivity contribution is 0.0324. The maximum atomic E-state index is 11.9. The van der Waals surface area contributed by atoms with Crippen LogP contribution in [0.3, 0.4) is 0 Å². The SMILES string of the molecule is CCn1cnc(S(=O)(=O)NCC2CNCCO2)c1. The molecule has 1 aromatic rings. The van der Waals surface area contributed by atoms with E-state index in [0.29, 0.717) is 19.7 Å². The van der Waals surface area contributed by atoms with Crippen LogP contribution in [0.25, 0.3) is 0 Å². The Balaban J connectivity index is 1.94. The van der Waals surface area contributed by atoms with Crippen LogP contribution in [-0.2, 0) is 21.3 Å². The molecule has 7 nitrogen and oxygen atoms in total. The summed E-state index contributed by atoms with van der Waals surface area (Å²) in [6, 6.07) is 0. The molecule has 1 atom stereocenters. The molecule has 1 saturated heterocycles. The fourth-order valence-corrected chi connectivity index (χ4v) is 2.69. The topological polar surface area (TPSA) is 85.2 Å². The van der Waals surface area contributed by atoms with Gasteiger partial charge in [0, 0.05) is 32.4 Å². The Kier molecular flexibility index (Phi) is 4.33. The van der Waals surface area contributed by atoms with Crippen LogP contribution in [0.4, 0.5) is 0 Å². The van der Waals surface area contributed by atoms with Crippen LogP contribution in [0.15, 0.2) is 17.6 Å². The van der Waals surface area contributed by atoms with Crippen molar-refractivity contribution in [2.24, 2.45) is 0 Å². The molecule has 0 aliphatic carbocycles. The monoisotopic (exact) mass is 274 g/mol. The van der Waals surface area contributed by atoms with Gasteiger partial charge in [0.2, 0.25) is 0 Å². The number of nitrogens with zero attached hydrogens (tertiary/aromatic N) is 2. The molecule has 1 aromatic heterocycles. The van der Waals surface area contributed by atoms with E-state index < -0.39 is 10.0 Å². The summed E-state index contributed by atoms with van der Waals surface area (Å²) in [5.74, 6) is 0. The van der Waals surface area contributed by atoms with Crippen molar-refractivity contribution >= 4 is 10.0 Å². The molecule has 2 N–H and O–H groups in total. The number of aryl methyl sites for hydroxylation is 1. The minimum atomic E-state index is -3.54. The number of hydrogen-bond donors (Lipinski definition) is 2. The molecule has 0 spiro atoms. The molecular weight excluding hydrogens is 256 g/mol. The zero-order valence-corrected chi connectivity index (χ0v) is 11.1. The maximum absolute atomic E-state index is 11.9. The van der Waals surface area contributed by atoms with Crippen LogP contribution < -0.4 is 10.0 Å². The first-order valence-electron chi connectivity index (χ1n) is 5.95. The van der Waals surface area contributed by atoms with Crippen molar-refractivity contribution in [2.45, 2.75) is 24.6 Å². The van der Waals surface area contributed by atoms with Crippen LogP contribution in [-0.4, -0.2) is 50.3 Å². The van der Waals surface area contributed by atoms with E-state index in [0.717, 1.165) is 6.54 Å². The highest BCUT2D eigenvalue weighted by molar-refractivity contribution is 7.89. The average molecular weight is 274 g/mol. The second kappa shape index (κ2) is 5.79. The summed E-state index contributed by atoms with van der Waals surface area (Å²) in [5.41, 5.74) is 0. The highest BCUT2D eigenvalue weighted by Gasteiger charge is 2.20. The van der Waals surface area contributed by atoms with Crippen LogP contribution in [0.5, 0.6) is 0 Å². The molecule has 18 heavy (non-hydrogen) atoms. The van der Waals surface area contributed by atoms with Gasteiger partial charge in [0.1, 0.15) is 0 Å². The Bertz CT molecular complexity index is 479. The zero-order chi connectivity index (χ0) is 13.0. The van der Waals surface area contributed by atoms with Gasteiger partial charge in [-0.3, -0.25) is 0 Å². The first-order chi connectivity index (χ1) is 8.62. The molecule has 102 valence electrons. The Morgan fingerprint density at radius 2 is 2.50 bits per heavy atom. The van der Waals surface area contributed by atoms with Gasteiger partial charge in [0.05, 0.1) is 19.0 Å². The van der Waals surface area contributed by atoms with Gasteiger partial charge in [-0.15, -0.1) is 0 Å². The van der Waals surface area contributed by atoms with Gasteiger partial charge in [0.25, 0.3) is 10.0 Å². The van der Waals surface area contributed by atoms with E-state index in [9.17, 15) is 8.42 Å². The van der Waals surface area contributed by atoms with E-state index >= 15 is 0 Å². The number of sulfonamides is 1. The third kappa shape index (κ3) is 3.29. The van der Waals surface area contributed by atoms with Gasteiger partial charge in [-0.25, -0.2) is 18.1 Å². The summed E-state index contributed by atoms with van der Waals surface area (Å²) in [5, 5.41) is 3.19. The molecule has 1 aliphatic heterocycles. The lowest BCUT2D eigenvalue weighted by Gasteiger charge is -2.23. The minimum Gasteiger partial charge on any atom is -0.374 e. The van der Waals surface area contributed by atoms with Crippen molar-refractivity contribution in [3.8, 4) is 0 Å². The number of imidazole rings is 1. The Labute approximate surface area is 107 Å². The van der Waals surface area contributed by atoms with Gasteiger partial charge >= 0.3 is 0 Å². The number of ether oxygens (including phenoxy) is 1. The maximum Gasteiger partial charge on any atom is 0.259 e. The molecule has 2 rings (SSSR count). The first-order valence-corrected chi connectivity index (χ1v) is 7.44. The van der Waals surface area contributed by atoms with Gasteiger partial charge in [-0.2, -0.15) is 0 Å². The number of rotatable bonds is 5. The first kappa shape index (κ1) is 13.5. The lowest BCUT2D eigenvalue weighted by Crippen LogP contribution is -2.45. The summed E-state index contributed by atoms with van der Waals surface area (Å²) in [6.07, 6.45) is 2.90. The van der Waals surface area contributed by atoms with Crippen molar-refractivity contribution in [3.05, 3.63) is 12.5 Å². The normalized spacial score (nSPS) is 21.1. The number of aromatic nitrogens is 2. The van der Waals surface area contributed by atoms with Gasteiger partial charge in [-0.1, -0.05) is 0 Å². The van der Waals surface area contributed by atoms with E-state index in [1.165, 1.54) is 12.5 Å². The minimum absolute atomic E-state index is 0.0492. The zero-order valence-electron chi connectivity index (χ0n) is 10.3. The highest BCUT2D eigenvalue weighted by atomic mass is 32.2. The smallest absolute Gasteiger partial charge is 0.259 e. The Morgan fingerprint density at radius 3 is 3.11 bits per heavy atom. The summed E-state index contributed by atoms with van der Waals surface area (Å²) in [4.78, 5) is 3.88. The third-order valence-electron chi connectivity index (χ3n) is 2.76. The van der Waals surface area contributed by atoms with Crippen LogP contribution in [0.1, 0.15) is 6.92 Å². The number of hydrogen-bond acceptors (Lipinski definition) is 5. The second-order valence-electron chi connectivity index (χ2n) is 4.09. The molecule has 1 fully saturated rings. The standard InChI is InChI=1S/C10H18N4O3S/c1-2-14-7-10(12-8-14)18(15,16)13-6-9-5-11-3-4-17-9/h7-9,11,13H,2-6H2,1H3. The molecule has 8 heteroatoms. The average Bonchev–Trinajstić information content (AvgIpc) is 2.87. The molecule has 0 aromatic carbocycles. The quantitative estimate of drug-likeness (QED) is 0.732. The van der Waals surface area contributed by atoms with Gasteiger partial charge < -0.3 is 14.6 Å². The van der Waals surface area contributed by atoms with Gasteiger partial charge in [0.15, 0.2) is 5.03 Å². The second-order valence-corrected chi connectivity index (χ2v) is 5.81. The van der Waals surface area contributed by atoms with E-state index in [1.807, 2.05) is 6.92 Å². The summed E-state index contributed by atoms with van der Waals surface area (Å²) < 4.78 is 33.5.